The lowest BCUT2D eigenvalue weighted by Gasteiger charge is -2.24. The van der Waals surface area contributed by atoms with E-state index in [0.717, 1.165) is 0 Å². The van der Waals surface area contributed by atoms with Gasteiger partial charge in [-0.1, -0.05) is 26.0 Å². The van der Waals surface area contributed by atoms with E-state index in [-0.39, 0.29) is 29.0 Å². The van der Waals surface area contributed by atoms with Crippen molar-refractivity contribution in [2.75, 3.05) is 13.2 Å². The third-order valence-corrected chi connectivity index (χ3v) is 4.51. The molecule has 5 nitrogen and oxygen atoms in total. The van der Waals surface area contributed by atoms with E-state index in [2.05, 4.69) is 4.72 Å². The Hall–Kier alpha value is -1.42. The van der Waals surface area contributed by atoms with Crippen LogP contribution >= 0.6 is 0 Å². The van der Waals surface area contributed by atoms with Gasteiger partial charge in [0.05, 0.1) is 10.5 Å². The third-order valence-electron chi connectivity index (χ3n) is 3.05. The van der Waals surface area contributed by atoms with Gasteiger partial charge < -0.3 is 5.11 Å². The van der Waals surface area contributed by atoms with E-state index in [4.69, 9.17) is 10.4 Å². The fourth-order valence-electron chi connectivity index (χ4n) is 1.81. The van der Waals surface area contributed by atoms with Gasteiger partial charge in [-0.3, -0.25) is 0 Å². The Bertz CT molecular complexity index is 589. The van der Waals surface area contributed by atoms with E-state index in [9.17, 15) is 8.42 Å². The number of aliphatic hydroxyl groups excluding tert-OH is 1. The van der Waals surface area contributed by atoms with Gasteiger partial charge in [0.1, 0.15) is 6.07 Å². The van der Waals surface area contributed by atoms with Gasteiger partial charge in [0, 0.05) is 13.2 Å². The number of hydrogen-bond donors (Lipinski definition) is 2. The van der Waals surface area contributed by atoms with Crippen LogP contribution in [-0.2, 0) is 10.0 Å². The second-order valence-corrected chi connectivity index (χ2v) is 7.16. The largest absolute Gasteiger partial charge is 0.396 e. The van der Waals surface area contributed by atoms with Crippen molar-refractivity contribution >= 4 is 10.0 Å². The Kier molecular flexibility index (Phi) is 5.69. The van der Waals surface area contributed by atoms with Crippen LogP contribution in [0.3, 0.4) is 0 Å². The predicted octanol–water partition coefficient (Wildman–Crippen LogP) is 1.64. The molecule has 1 aromatic rings. The highest BCUT2D eigenvalue weighted by atomic mass is 32.2. The molecule has 0 bridgehead atoms. The van der Waals surface area contributed by atoms with Gasteiger partial charge in [-0.2, -0.15) is 5.26 Å². The van der Waals surface area contributed by atoms with Crippen molar-refractivity contribution in [1.29, 1.82) is 5.26 Å². The first kappa shape index (κ1) is 16.6. The van der Waals surface area contributed by atoms with Crippen molar-refractivity contribution in [3.05, 3.63) is 29.8 Å². The quantitative estimate of drug-likeness (QED) is 0.800. The molecule has 0 aromatic heterocycles. The molecule has 1 aromatic carbocycles. The van der Waals surface area contributed by atoms with Crippen molar-refractivity contribution in [2.45, 2.75) is 31.6 Å². The molecule has 0 fully saturated rings. The third kappa shape index (κ3) is 4.60. The molecule has 0 unspecified atom stereocenters. The molecule has 0 atom stereocenters. The average molecular weight is 296 g/mol. The fourth-order valence-corrected chi connectivity index (χ4v) is 3.20. The summed E-state index contributed by atoms with van der Waals surface area (Å²) < 4.78 is 27.0. The van der Waals surface area contributed by atoms with Gasteiger partial charge in [-0.05, 0) is 30.4 Å². The molecule has 20 heavy (non-hydrogen) atoms. The Morgan fingerprint density at radius 2 is 2.00 bits per heavy atom. The number of sulfonamides is 1. The Balaban J connectivity index is 2.84. The van der Waals surface area contributed by atoms with E-state index in [1.165, 1.54) is 12.1 Å². The summed E-state index contributed by atoms with van der Waals surface area (Å²) in [5.74, 6) is 0. The van der Waals surface area contributed by atoms with Gasteiger partial charge in [0.2, 0.25) is 10.0 Å². The molecule has 0 spiro atoms. The lowest BCUT2D eigenvalue weighted by Crippen LogP contribution is -2.34. The molecular formula is C14H20N2O3S. The van der Waals surface area contributed by atoms with Crippen molar-refractivity contribution in [3.8, 4) is 6.07 Å². The summed E-state index contributed by atoms with van der Waals surface area (Å²) in [6, 6.07) is 7.99. The van der Waals surface area contributed by atoms with Crippen molar-refractivity contribution in [3.63, 3.8) is 0 Å². The zero-order valence-corrected chi connectivity index (χ0v) is 12.6. The van der Waals surface area contributed by atoms with Crippen LogP contribution in [0, 0.1) is 16.7 Å². The van der Waals surface area contributed by atoms with E-state index < -0.39 is 10.0 Å². The minimum atomic E-state index is -3.70. The molecule has 0 aliphatic rings. The summed E-state index contributed by atoms with van der Waals surface area (Å²) in [4.78, 5) is 0.000424. The molecule has 0 aliphatic carbocycles. The van der Waals surface area contributed by atoms with Crippen molar-refractivity contribution < 1.29 is 13.5 Å². The SMILES string of the molecule is CC(C)(CCCO)CNS(=O)(=O)c1ccccc1C#N. The first-order valence-corrected chi connectivity index (χ1v) is 7.90. The second-order valence-electron chi connectivity index (χ2n) is 5.42. The summed E-state index contributed by atoms with van der Waals surface area (Å²) in [5, 5.41) is 17.8. The molecule has 0 saturated heterocycles. The smallest absolute Gasteiger partial charge is 0.241 e. The Morgan fingerprint density at radius 1 is 1.35 bits per heavy atom. The molecule has 1 rings (SSSR count). The summed E-state index contributed by atoms with van der Waals surface area (Å²) >= 11 is 0. The van der Waals surface area contributed by atoms with Crippen LogP contribution in [0.1, 0.15) is 32.3 Å². The Morgan fingerprint density at radius 3 is 2.60 bits per heavy atom. The molecule has 0 radical (unpaired) electrons. The maximum atomic E-state index is 12.2. The molecule has 110 valence electrons. The number of rotatable bonds is 7. The first-order chi connectivity index (χ1) is 9.32. The van der Waals surface area contributed by atoms with Gasteiger partial charge in [0.25, 0.3) is 0 Å². The maximum absolute atomic E-state index is 12.2. The topological polar surface area (TPSA) is 90.2 Å². The van der Waals surface area contributed by atoms with Gasteiger partial charge >= 0.3 is 0 Å². The van der Waals surface area contributed by atoms with E-state index in [0.29, 0.717) is 12.8 Å². The van der Waals surface area contributed by atoms with E-state index in [1.54, 1.807) is 12.1 Å². The molecule has 0 saturated carbocycles. The van der Waals surface area contributed by atoms with Crippen LogP contribution < -0.4 is 4.72 Å². The standard InChI is InChI=1S/C14H20N2O3S/c1-14(2,8-5-9-17)11-16-20(18,19)13-7-4-3-6-12(13)10-15/h3-4,6-7,16-17H,5,8-9,11H2,1-2H3. The maximum Gasteiger partial charge on any atom is 0.241 e. The minimum Gasteiger partial charge on any atom is -0.396 e. The van der Waals surface area contributed by atoms with Crippen LogP contribution in [0.5, 0.6) is 0 Å². The first-order valence-electron chi connectivity index (χ1n) is 6.42. The van der Waals surface area contributed by atoms with Crippen LogP contribution in [0.2, 0.25) is 0 Å². The molecule has 6 heteroatoms. The van der Waals surface area contributed by atoms with Gasteiger partial charge in [-0.15, -0.1) is 0 Å². The van der Waals surface area contributed by atoms with Crippen LogP contribution in [0.4, 0.5) is 0 Å². The van der Waals surface area contributed by atoms with Gasteiger partial charge in [0.15, 0.2) is 0 Å². The zero-order chi connectivity index (χ0) is 15.2. The summed E-state index contributed by atoms with van der Waals surface area (Å²) in [6.07, 6.45) is 1.34. The molecule has 0 heterocycles. The van der Waals surface area contributed by atoms with E-state index >= 15 is 0 Å². The highest BCUT2D eigenvalue weighted by Gasteiger charge is 2.23. The fraction of sp³-hybridized carbons (Fsp3) is 0.500. The number of nitriles is 1. The van der Waals surface area contributed by atoms with Crippen LogP contribution in [-0.4, -0.2) is 26.7 Å². The average Bonchev–Trinajstić information content (AvgIpc) is 2.43. The van der Waals surface area contributed by atoms with Crippen LogP contribution in [0.25, 0.3) is 0 Å². The second kappa shape index (κ2) is 6.84. The number of nitrogens with zero attached hydrogens (tertiary/aromatic N) is 1. The number of aliphatic hydroxyl groups is 1. The van der Waals surface area contributed by atoms with Crippen molar-refractivity contribution in [1.82, 2.24) is 4.72 Å². The molecule has 0 aliphatic heterocycles. The summed E-state index contributed by atoms with van der Waals surface area (Å²) in [6.45, 7) is 4.21. The lowest BCUT2D eigenvalue weighted by atomic mass is 9.88. The number of nitrogens with one attached hydrogen (secondary N) is 1. The molecule has 2 N–H and O–H groups in total. The van der Waals surface area contributed by atoms with Gasteiger partial charge in [-0.25, -0.2) is 13.1 Å². The summed E-state index contributed by atoms with van der Waals surface area (Å²) in [7, 11) is -3.70. The zero-order valence-electron chi connectivity index (χ0n) is 11.8. The van der Waals surface area contributed by atoms with Crippen LogP contribution in [0.15, 0.2) is 29.2 Å². The lowest BCUT2D eigenvalue weighted by molar-refractivity contribution is 0.242. The Labute approximate surface area is 120 Å². The number of benzene rings is 1. The molecule has 0 amide bonds. The monoisotopic (exact) mass is 296 g/mol. The predicted molar refractivity (Wildman–Crippen MR) is 76.4 cm³/mol. The highest BCUT2D eigenvalue weighted by Crippen LogP contribution is 2.22. The summed E-state index contributed by atoms with van der Waals surface area (Å²) in [5.41, 5.74) is -0.120. The van der Waals surface area contributed by atoms with Crippen molar-refractivity contribution in [2.24, 2.45) is 5.41 Å². The number of hydrogen-bond acceptors (Lipinski definition) is 4. The van der Waals surface area contributed by atoms with E-state index in [1.807, 2.05) is 19.9 Å². The highest BCUT2D eigenvalue weighted by molar-refractivity contribution is 7.89. The minimum absolute atomic E-state index is 0.000424. The molecular weight excluding hydrogens is 276 g/mol. The normalized spacial score (nSPS) is 12.1.